The molecule has 40 heavy (non-hydrogen) atoms. The van der Waals surface area contributed by atoms with Crippen molar-refractivity contribution < 1.29 is 32.2 Å². The number of pyridine rings is 1. The molecule has 0 spiro atoms. The number of ether oxygens (including phenoxy) is 1. The summed E-state index contributed by atoms with van der Waals surface area (Å²) in [5.41, 5.74) is 0.622. The smallest absolute Gasteiger partial charge is 0.309 e. The van der Waals surface area contributed by atoms with Crippen LogP contribution in [-0.4, -0.2) is 61.8 Å². The number of nitrogens with zero attached hydrogens (tertiary/aromatic N) is 3. The number of aliphatic carboxylic acids is 1. The number of benzene rings is 2. The van der Waals surface area contributed by atoms with E-state index < -0.39 is 35.0 Å². The van der Waals surface area contributed by atoms with Crippen LogP contribution < -0.4 is 9.64 Å². The number of anilines is 1. The fourth-order valence-electron chi connectivity index (χ4n) is 5.13. The molecule has 1 aliphatic rings. The molecule has 0 aliphatic carbocycles. The molecule has 1 N–H and O–H groups in total. The number of carboxylic acids is 1. The Morgan fingerprint density at radius 3 is 2.45 bits per heavy atom. The second-order valence-electron chi connectivity index (χ2n) is 10.3. The lowest BCUT2D eigenvalue weighted by atomic mass is 9.74. The van der Waals surface area contributed by atoms with Crippen molar-refractivity contribution >= 4 is 22.6 Å². The minimum Gasteiger partial charge on any atom is -0.497 e. The number of carbonyl (C=O) groups is 1. The summed E-state index contributed by atoms with van der Waals surface area (Å²) in [7, 11) is 5.15. The number of hydrogen-bond acceptors (Lipinski definition) is 5. The molecule has 1 atom stereocenters. The summed E-state index contributed by atoms with van der Waals surface area (Å²) in [6.07, 6.45) is 0.983. The van der Waals surface area contributed by atoms with E-state index in [0.717, 1.165) is 12.1 Å². The van der Waals surface area contributed by atoms with Crippen LogP contribution in [0.25, 0.3) is 10.9 Å². The third-order valence-electron chi connectivity index (χ3n) is 7.55. The molecule has 6 nitrogen and oxygen atoms in total. The van der Waals surface area contributed by atoms with Gasteiger partial charge >= 0.3 is 5.97 Å². The molecule has 0 bridgehead atoms. The highest BCUT2D eigenvalue weighted by molar-refractivity contribution is 5.88. The van der Waals surface area contributed by atoms with Crippen LogP contribution in [-0.2, 0) is 4.79 Å². The van der Waals surface area contributed by atoms with E-state index in [0.29, 0.717) is 53.8 Å². The topological polar surface area (TPSA) is 65.9 Å². The summed E-state index contributed by atoms with van der Waals surface area (Å²) >= 11 is 0. The molecule has 1 saturated heterocycles. The predicted molar refractivity (Wildman–Crippen MR) is 145 cm³/mol. The van der Waals surface area contributed by atoms with Crippen LogP contribution in [0.1, 0.15) is 43.0 Å². The molecule has 212 valence electrons. The summed E-state index contributed by atoms with van der Waals surface area (Å²) < 4.78 is 61.3. The highest BCUT2D eigenvalue weighted by Crippen LogP contribution is 2.43. The number of carboxylic acid groups (broad SMARTS) is 1. The van der Waals surface area contributed by atoms with E-state index >= 15 is 4.39 Å². The number of likely N-dealkylation sites (tertiary alicyclic amines) is 1. The van der Waals surface area contributed by atoms with E-state index in [1.165, 1.54) is 7.11 Å². The Morgan fingerprint density at radius 2 is 1.85 bits per heavy atom. The van der Waals surface area contributed by atoms with Crippen LogP contribution in [0.5, 0.6) is 5.75 Å². The molecule has 0 saturated carbocycles. The second kappa shape index (κ2) is 12.1. The van der Waals surface area contributed by atoms with Gasteiger partial charge in [-0.3, -0.25) is 14.7 Å². The lowest BCUT2D eigenvalue weighted by molar-refractivity contribution is -0.152. The van der Waals surface area contributed by atoms with Crippen molar-refractivity contribution in [3.05, 3.63) is 65.1 Å². The third kappa shape index (κ3) is 6.15. The van der Waals surface area contributed by atoms with Crippen molar-refractivity contribution in [2.45, 2.75) is 31.9 Å². The Bertz CT molecular complexity index is 1440. The number of hydrogen-bond donors (Lipinski definition) is 1. The second-order valence-corrected chi connectivity index (χ2v) is 10.3. The molecular weight excluding hydrogens is 526 g/mol. The summed E-state index contributed by atoms with van der Waals surface area (Å²) in [6.45, 7) is 1.09. The highest BCUT2D eigenvalue weighted by atomic mass is 19.2. The van der Waals surface area contributed by atoms with Gasteiger partial charge in [0.2, 0.25) is 0 Å². The van der Waals surface area contributed by atoms with E-state index in [2.05, 4.69) is 16.8 Å². The fraction of sp³-hybridized carbons (Fsp3) is 0.400. The van der Waals surface area contributed by atoms with E-state index in [1.54, 1.807) is 43.4 Å². The van der Waals surface area contributed by atoms with Crippen molar-refractivity contribution in [3.8, 4) is 17.6 Å². The number of alkyl halides is 1. The van der Waals surface area contributed by atoms with Crippen molar-refractivity contribution in [1.82, 2.24) is 9.88 Å². The van der Waals surface area contributed by atoms with E-state index in [-0.39, 0.29) is 24.9 Å². The van der Waals surface area contributed by atoms with Gasteiger partial charge in [-0.15, -0.1) is 0 Å². The van der Waals surface area contributed by atoms with E-state index in [9.17, 15) is 23.1 Å². The average molecular weight is 558 g/mol. The molecule has 2 heterocycles. The molecular formula is C30H31F4N3O3. The Kier molecular flexibility index (Phi) is 8.84. The molecule has 1 unspecified atom stereocenters. The maximum Gasteiger partial charge on any atom is 0.309 e. The molecule has 0 radical (unpaired) electrons. The number of aromatic nitrogens is 1. The van der Waals surface area contributed by atoms with Gasteiger partial charge in [-0.05, 0) is 56.0 Å². The number of halogens is 4. The first-order valence-corrected chi connectivity index (χ1v) is 12.9. The van der Waals surface area contributed by atoms with E-state index in [1.807, 2.05) is 4.90 Å². The summed E-state index contributed by atoms with van der Waals surface area (Å²) in [5, 5.41) is 10.8. The standard InChI is InChI=1S/C30H31F4N3O3/c1-36(2)26-18-35-25-7-6-20(40-3)17-21(25)27(26)22(31)8-9-30(29(38)39)10-13-37(14-11-30)12-4-5-19-15-23(32)28(34)24(33)16-19/h6-7,15-18,22H,8-14H2,1-3H3,(H,38,39). The monoisotopic (exact) mass is 557 g/mol. The maximum absolute atomic E-state index is 16.0. The van der Waals surface area contributed by atoms with Gasteiger partial charge in [-0.2, -0.15) is 0 Å². The summed E-state index contributed by atoms with van der Waals surface area (Å²) in [5.74, 6) is 0.877. The van der Waals surface area contributed by atoms with E-state index in [4.69, 9.17) is 4.74 Å². The zero-order valence-electron chi connectivity index (χ0n) is 22.6. The first-order chi connectivity index (χ1) is 19.0. The van der Waals surface area contributed by atoms with Gasteiger partial charge in [-0.1, -0.05) is 11.8 Å². The lowest BCUT2D eigenvalue weighted by Gasteiger charge is -2.38. The van der Waals surface area contributed by atoms with Crippen LogP contribution in [0.15, 0.2) is 36.5 Å². The van der Waals surface area contributed by atoms with Gasteiger partial charge in [0.15, 0.2) is 17.5 Å². The Labute approximate surface area is 230 Å². The minimum absolute atomic E-state index is 0.0145. The average Bonchev–Trinajstić information content (AvgIpc) is 2.94. The minimum atomic E-state index is -1.54. The summed E-state index contributed by atoms with van der Waals surface area (Å²) in [6, 6.07) is 6.93. The molecule has 4 rings (SSSR count). The third-order valence-corrected chi connectivity index (χ3v) is 7.55. The van der Waals surface area contributed by atoms with Crippen LogP contribution in [0.2, 0.25) is 0 Å². The van der Waals surface area contributed by atoms with Gasteiger partial charge in [0.1, 0.15) is 11.9 Å². The molecule has 10 heteroatoms. The van der Waals surface area contributed by atoms with Crippen LogP contribution in [0.4, 0.5) is 23.2 Å². The quantitative estimate of drug-likeness (QED) is 0.217. The molecule has 3 aromatic rings. The number of fused-ring (bicyclic) bond motifs is 1. The van der Waals surface area contributed by atoms with Gasteiger partial charge in [0, 0.05) is 43.7 Å². The first-order valence-electron chi connectivity index (χ1n) is 12.9. The van der Waals surface area contributed by atoms with Crippen molar-refractivity contribution in [1.29, 1.82) is 0 Å². The fourth-order valence-corrected chi connectivity index (χ4v) is 5.13. The zero-order valence-corrected chi connectivity index (χ0v) is 22.6. The van der Waals surface area contributed by atoms with Gasteiger partial charge in [0.25, 0.3) is 0 Å². The largest absolute Gasteiger partial charge is 0.497 e. The predicted octanol–water partition coefficient (Wildman–Crippen LogP) is 5.74. The molecule has 2 aromatic carbocycles. The Morgan fingerprint density at radius 1 is 1.18 bits per heavy atom. The molecule has 1 aliphatic heterocycles. The van der Waals surface area contributed by atoms with Crippen molar-refractivity contribution in [2.24, 2.45) is 5.41 Å². The summed E-state index contributed by atoms with van der Waals surface area (Å²) in [4.78, 5) is 20.6. The van der Waals surface area contributed by atoms with Gasteiger partial charge in [0.05, 0.1) is 36.5 Å². The van der Waals surface area contributed by atoms with Crippen molar-refractivity contribution in [3.63, 3.8) is 0 Å². The number of piperidine rings is 1. The Hall–Kier alpha value is -3.84. The SMILES string of the molecule is COc1ccc2ncc(N(C)C)c(C(F)CCC3(C(=O)O)CCN(CC#Cc4cc(F)c(F)c(F)c4)CC3)c2c1. The normalized spacial score (nSPS) is 15.8. The number of rotatable bonds is 8. The molecule has 0 amide bonds. The van der Waals surface area contributed by atoms with Crippen LogP contribution >= 0.6 is 0 Å². The van der Waals surface area contributed by atoms with Crippen LogP contribution in [0.3, 0.4) is 0 Å². The van der Waals surface area contributed by atoms with Crippen LogP contribution in [0, 0.1) is 34.7 Å². The Balaban J connectivity index is 1.45. The first kappa shape index (κ1) is 29.2. The van der Waals surface area contributed by atoms with Gasteiger partial charge < -0.3 is 14.7 Å². The molecule has 1 fully saturated rings. The highest BCUT2D eigenvalue weighted by Gasteiger charge is 2.41. The zero-order chi connectivity index (χ0) is 29.0. The van der Waals surface area contributed by atoms with Gasteiger partial charge in [-0.25, -0.2) is 17.6 Å². The maximum atomic E-state index is 16.0. The van der Waals surface area contributed by atoms with Crippen molar-refractivity contribution in [2.75, 3.05) is 45.7 Å². The molecule has 1 aromatic heterocycles. The number of methoxy groups -OCH3 is 1. The lowest BCUT2D eigenvalue weighted by Crippen LogP contribution is -2.44.